The second-order valence-corrected chi connectivity index (χ2v) is 4.39. The molecule has 2 rings (SSSR count). The summed E-state index contributed by atoms with van der Waals surface area (Å²) in [6.45, 7) is 3.06. The highest BCUT2D eigenvalue weighted by Gasteiger charge is 2.06. The van der Waals surface area contributed by atoms with Gasteiger partial charge in [-0.1, -0.05) is 30.3 Å². The fourth-order valence-electron chi connectivity index (χ4n) is 1.89. The molecule has 0 spiro atoms. The highest BCUT2D eigenvalue weighted by Crippen LogP contribution is 2.25. The highest BCUT2D eigenvalue weighted by molar-refractivity contribution is 5.41. The van der Waals surface area contributed by atoms with Crippen LogP contribution < -0.4 is 15.2 Å². The van der Waals surface area contributed by atoms with Crippen LogP contribution in [0, 0.1) is 6.92 Å². The molecule has 0 heterocycles. The first kappa shape index (κ1) is 13.4. The van der Waals surface area contributed by atoms with Gasteiger partial charge in [-0.25, -0.2) is 0 Å². The maximum absolute atomic E-state index is 5.88. The van der Waals surface area contributed by atoms with Crippen molar-refractivity contribution in [3.8, 4) is 11.5 Å². The van der Waals surface area contributed by atoms with Crippen molar-refractivity contribution in [3.63, 3.8) is 0 Å². The fraction of sp³-hybridized carbons (Fsp3) is 0.250. The SMILES string of the molecule is COc1ccc(CN)c(OCc2ccccc2C)c1. The van der Waals surface area contributed by atoms with Crippen LogP contribution in [0.15, 0.2) is 42.5 Å². The molecule has 0 aliphatic heterocycles. The smallest absolute Gasteiger partial charge is 0.127 e. The molecule has 2 aromatic rings. The molecule has 0 bridgehead atoms. The molecule has 0 aromatic heterocycles. The van der Waals surface area contributed by atoms with Crippen molar-refractivity contribution in [3.05, 3.63) is 59.2 Å². The minimum atomic E-state index is 0.451. The van der Waals surface area contributed by atoms with E-state index in [1.807, 2.05) is 30.3 Å². The summed E-state index contributed by atoms with van der Waals surface area (Å²) in [5, 5.41) is 0. The van der Waals surface area contributed by atoms with Crippen LogP contribution in [0.4, 0.5) is 0 Å². The number of aryl methyl sites for hydroxylation is 1. The molecule has 2 N–H and O–H groups in total. The summed E-state index contributed by atoms with van der Waals surface area (Å²) in [7, 11) is 1.64. The van der Waals surface area contributed by atoms with Gasteiger partial charge in [0.15, 0.2) is 0 Å². The van der Waals surface area contributed by atoms with Gasteiger partial charge in [0, 0.05) is 18.2 Å². The van der Waals surface area contributed by atoms with Crippen LogP contribution >= 0.6 is 0 Å². The highest BCUT2D eigenvalue weighted by atomic mass is 16.5. The molecule has 0 amide bonds. The van der Waals surface area contributed by atoms with Gasteiger partial charge < -0.3 is 15.2 Å². The van der Waals surface area contributed by atoms with Crippen LogP contribution in [0.1, 0.15) is 16.7 Å². The van der Waals surface area contributed by atoms with E-state index in [0.29, 0.717) is 13.2 Å². The molecule has 0 saturated heterocycles. The Morgan fingerprint density at radius 3 is 2.53 bits per heavy atom. The van der Waals surface area contributed by atoms with Gasteiger partial charge in [-0.15, -0.1) is 0 Å². The van der Waals surface area contributed by atoms with Gasteiger partial charge in [-0.2, -0.15) is 0 Å². The second-order valence-electron chi connectivity index (χ2n) is 4.39. The molecule has 2 aromatic carbocycles. The first-order valence-corrected chi connectivity index (χ1v) is 6.29. The van der Waals surface area contributed by atoms with E-state index in [9.17, 15) is 0 Å². The van der Waals surface area contributed by atoms with Crippen molar-refractivity contribution in [2.24, 2.45) is 5.73 Å². The predicted molar refractivity (Wildman–Crippen MR) is 76.4 cm³/mol. The minimum Gasteiger partial charge on any atom is -0.497 e. The summed E-state index contributed by atoms with van der Waals surface area (Å²) in [6.07, 6.45) is 0. The van der Waals surface area contributed by atoms with E-state index in [2.05, 4.69) is 19.1 Å². The molecule has 0 saturated carbocycles. The summed E-state index contributed by atoms with van der Waals surface area (Å²) in [4.78, 5) is 0. The number of rotatable bonds is 5. The largest absolute Gasteiger partial charge is 0.497 e. The number of benzene rings is 2. The number of nitrogens with two attached hydrogens (primary N) is 1. The molecule has 0 aliphatic carbocycles. The first-order valence-electron chi connectivity index (χ1n) is 6.29. The van der Waals surface area contributed by atoms with Crippen molar-refractivity contribution >= 4 is 0 Å². The van der Waals surface area contributed by atoms with Crippen LogP contribution in [-0.2, 0) is 13.2 Å². The van der Waals surface area contributed by atoms with E-state index in [1.54, 1.807) is 7.11 Å². The van der Waals surface area contributed by atoms with Gasteiger partial charge in [-0.05, 0) is 24.1 Å². The standard InChI is InChI=1S/C16H19NO2/c1-12-5-3-4-6-14(12)11-19-16-9-15(18-2)8-7-13(16)10-17/h3-9H,10-11,17H2,1-2H3. The lowest BCUT2D eigenvalue weighted by Gasteiger charge is -2.13. The van der Waals surface area contributed by atoms with E-state index in [-0.39, 0.29) is 0 Å². The average Bonchev–Trinajstić information content (AvgIpc) is 2.46. The zero-order valence-electron chi connectivity index (χ0n) is 11.3. The molecule has 100 valence electrons. The lowest BCUT2D eigenvalue weighted by Crippen LogP contribution is -2.04. The maximum atomic E-state index is 5.88. The lowest BCUT2D eigenvalue weighted by molar-refractivity contribution is 0.299. The Hall–Kier alpha value is -2.00. The van der Waals surface area contributed by atoms with Crippen molar-refractivity contribution < 1.29 is 9.47 Å². The Bertz CT molecular complexity index is 552. The summed E-state index contributed by atoms with van der Waals surface area (Å²) in [5.74, 6) is 1.56. The third kappa shape index (κ3) is 3.26. The lowest BCUT2D eigenvalue weighted by atomic mass is 10.1. The Balaban J connectivity index is 2.16. The maximum Gasteiger partial charge on any atom is 0.127 e. The van der Waals surface area contributed by atoms with Crippen LogP contribution in [0.2, 0.25) is 0 Å². The Labute approximate surface area is 114 Å². The van der Waals surface area contributed by atoms with E-state index in [0.717, 1.165) is 17.1 Å². The van der Waals surface area contributed by atoms with Gasteiger partial charge in [0.2, 0.25) is 0 Å². The zero-order chi connectivity index (χ0) is 13.7. The Morgan fingerprint density at radius 1 is 1.05 bits per heavy atom. The number of ether oxygens (including phenoxy) is 2. The molecule has 3 heteroatoms. The third-order valence-electron chi connectivity index (χ3n) is 3.14. The molecular weight excluding hydrogens is 238 g/mol. The molecule has 0 radical (unpaired) electrons. The van der Waals surface area contributed by atoms with Crippen molar-refractivity contribution in [1.29, 1.82) is 0 Å². The van der Waals surface area contributed by atoms with Crippen LogP contribution in [0.3, 0.4) is 0 Å². The minimum absolute atomic E-state index is 0.451. The molecule has 0 aliphatic rings. The van der Waals surface area contributed by atoms with E-state index < -0.39 is 0 Å². The van der Waals surface area contributed by atoms with Crippen LogP contribution in [0.5, 0.6) is 11.5 Å². The Morgan fingerprint density at radius 2 is 1.84 bits per heavy atom. The zero-order valence-corrected chi connectivity index (χ0v) is 11.3. The van der Waals surface area contributed by atoms with Gasteiger partial charge in [0.05, 0.1) is 7.11 Å². The van der Waals surface area contributed by atoms with Crippen molar-refractivity contribution in [2.75, 3.05) is 7.11 Å². The van der Waals surface area contributed by atoms with E-state index in [1.165, 1.54) is 11.1 Å². The summed E-state index contributed by atoms with van der Waals surface area (Å²) < 4.78 is 11.1. The number of hydrogen-bond acceptors (Lipinski definition) is 3. The summed E-state index contributed by atoms with van der Waals surface area (Å²) >= 11 is 0. The first-order chi connectivity index (χ1) is 9.24. The quantitative estimate of drug-likeness (QED) is 0.895. The third-order valence-corrected chi connectivity index (χ3v) is 3.14. The second kappa shape index (κ2) is 6.25. The molecule has 0 unspecified atom stereocenters. The summed E-state index contributed by atoms with van der Waals surface area (Å²) in [6, 6.07) is 13.9. The normalized spacial score (nSPS) is 10.3. The van der Waals surface area contributed by atoms with E-state index in [4.69, 9.17) is 15.2 Å². The molecular formula is C16H19NO2. The van der Waals surface area contributed by atoms with Crippen molar-refractivity contribution in [2.45, 2.75) is 20.1 Å². The van der Waals surface area contributed by atoms with Gasteiger partial charge >= 0.3 is 0 Å². The van der Waals surface area contributed by atoms with Crippen LogP contribution in [-0.4, -0.2) is 7.11 Å². The van der Waals surface area contributed by atoms with Crippen LogP contribution in [0.25, 0.3) is 0 Å². The Kier molecular flexibility index (Phi) is 4.42. The topological polar surface area (TPSA) is 44.5 Å². The van der Waals surface area contributed by atoms with Gasteiger partial charge in [-0.3, -0.25) is 0 Å². The van der Waals surface area contributed by atoms with E-state index >= 15 is 0 Å². The predicted octanol–water partition coefficient (Wildman–Crippen LogP) is 3.04. The molecule has 19 heavy (non-hydrogen) atoms. The summed E-state index contributed by atoms with van der Waals surface area (Å²) in [5.41, 5.74) is 9.10. The van der Waals surface area contributed by atoms with Gasteiger partial charge in [0.1, 0.15) is 18.1 Å². The molecule has 0 fully saturated rings. The average molecular weight is 257 g/mol. The number of methoxy groups -OCH3 is 1. The van der Waals surface area contributed by atoms with Gasteiger partial charge in [0.25, 0.3) is 0 Å². The monoisotopic (exact) mass is 257 g/mol. The molecule has 0 atom stereocenters. The molecule has 3 nitrogen and oxygen atoms in total. The fourth-order valence-corrected chi connectivity index (χ4v) is 1.89. The number of hydrogen-bond donors (Lipinski definition) is 1. The van der Waals surface area contributed by atoms with Crippen molar-refractivity contribution in [1.82, 2.24) is 0 Å².